The summed E-state index contributed by atoms with van der Waals surface area (Å²) in [5.41, 5.74) is 6.36. The van der Waals surface area contributed by atoms with Crippen LogP contribution < -0.4 is 4.90 Å². The van der Waals surface area contributed by atoms with Gasteiger partial charge in [-0.25, -0.2) is 4.98 Å². The van der Waals surface area contributed by atoms with Gasteiger partial charge in [0.05, 0.1) is 25.9 Å². The summed E-state index contributed by atoms with van der Waals surface area (Å²) < 4.78 is 1.19. The van der Waals surface area contributed by atoms with Gasteiger partial charge in [-0.2, -0.15) is 0 Å². The van der Waals surface area contributed by atoms with Crippen molar-refractivity contribution in [1.29, 1.82) is 0 Å². The van der Waals surface area contributed by atoms with Crippen LogP contribution in [-0.2, 0) is 12.0 Å². The first-order valence-electron chi connectivity index (χ1n) is 11.6. The van der Waals surface area contributed by atoms with Gasteiger partial charge in [-0.1, -0.05) is 86.4 Å². The number of nitrogens with zero attached hydrogens (tertiary/aromatic N) is 2. The number of fused-ring (bicyclic) bond motifs is 1. The van der Waals surface area contributed by atoms with Gasteiger partial charge in [0.2, 0.25) is 0 Å². The lowest BCUT2D eigenvalue weighted by atomic mass is 9.86. The topological polar surface area (TPSA) is 16.1 Å². The molecule has 0 aliphatic heterocycles. The van der Waals surface area contributed by atoms with Gasteiger partial charge in [0.25, 0.3) is 0 Å². The monoisotopic (exact) mass is 516 g/mol. The number of hydrogen-bond acceptors (Lipinski definition) is 3. The molecule has 5 rings (SSSR count). The molecule has 0 spiro atoms. The van der Waals surface area contributed by atoms with E-state index in [1.165, 1.54) is 10.3 Å². The minimum Gasteiger partial charge on any atom is -0.336 e. The Morgan fingerprint density at radius 3 is 2.20 bits per heavy atom. The van der Waals surface area contributed by atoms with Crippen LogP contribution in [0, 0.1) is 0 Å². The minimum atomic E-state index is -0.0574. The van der Waals surface area contributed by atoms with E-state index in [-0.39, 0.29) is 5.41 Å². The van der Waals surface area contributed by atoms with E-state index in [9.17, 15) is 0 Å². The fourth-order valence-corrected chi connectivity index (χ4v) is 5.46. The highest BCUT2D eigenvalue weighted by atomic mass is 35.5. The third kappa shape index (κ3) is 5.08. The third-order valence-corrected chi connectivity index (χ3v) is 7.95. The van der Waals surface area contributed by atoms with Crippen molar-refractivity contribution in [2.45, 2.75) is 32.7 Å². The Hall–Kier alpha value is -2.85. The van der Waals surface area contributed by atoms with Gasteiger partial charge in [0, 0.05) is 17.8 Å². The van der Waals surface area contributed by atoms with Crippen LogP contribution in [0.25, 0.3) is 20.8 Å². The molecule has 0 atom stereocenters. The predicted octanol–water partition coefficient (Wildman–Crippen LogP) is 9.91. The molecule has 1 heterocycles. The Morgan fingerprint density at radius 2 is 1.51 bits per heavy atom. The maximum absolute atomic E-state index is 6.82. The van der Waals surface area contributed by atoms with Crippen molar-refractivity contribution in [3.8, 4) is 10.6 Å². The van der Waals surface area contributed by atoms with E-state index in [0.717, 1.165) is 33.0 Å². The zero-order valence-corrected chi connectivity index (χ0v) is 22.3. The summed E-state index contributed by atoms with van der Waals surface area (Å²) in [6, 6.07) is 31.3. The van der Waals surface area contributed by atoms with Crippen LogP contribution in [0.2, 0.25) is 10.0 Å². The van der Waals surface area contributed by atoms with Crippen LogP contribution in [0.1, 0.15) is 31.9 Å². The first kappa shape index (κ1) is 23.9. The Bertz CT molecular complexity index is 1440. The van der Waals surface area contributed by atoms with Crippen molar-refractivity contribution in [1.82, 2.24) is 4.98 Å². The van der Waals surface area contributed by atoms with Crippen molar-refractivity contribution >= 4 is 56.1 Å². The molecule has 0 amide bonds. The Kier molecular flexibility index (Phi) is 6.59. The molecular formula is C30H26Cl2N2S. The van der Waals surface area contributed by atoms with Crippen molar-refractivity contribution in [3.63, 3.8) is 0 Å². The van der Waals surface area contributed by atoms with Gasteiger partial charge in [-0.3, -0.25) is 0 Å². The number of rotatable bonds is 5. The highest BCUT2D eigenvalue weighted by Crippen LogP contribution is 2.42. The van der Waals surface area contributed by atoms with Crippen LogP contribution in [0.15, 0.2) is 91.0 Å². The number of halogens is 2. The van der Waals surface area contributed by atoms with Crippen LogP contribution in [0.4, 0.5) is 11.4 Å². The van der Waals surface area contributed by atoms with Crippen LogP contribution in [0.5, 0.6) is 0 Å². The molecule has 0 fully saturated rings. The van der Waals surface area contributed by atoms with E-state index in [1.54, 1.807) is 11.3 Å². The summed E-state index contributed by atoms with van der Waals surface area (Å²) in [6.07, 6.45) is 0. The maximum atomic E-state index is 6.82. The number of para-hydroxylation sites is 1. The Balaban J connectivity index is 1.58. The predicted molar refractivity (Wildman–Crippen MR) is 153 cm³/mol. The normalized spacial score (nSPS) is 11.7. The van der Waals surface area contributed by atoms with Gasteiger partial charge in [0.15, 0.2) is 0 Å². The standard InChI is InChI=1S/C30H26Cl2N2S/c1-30(2,3)22-17-24(31)28(32)26(18-22)34(19-20-9-5-4-6-10-20)23-15-13-21(14-16-23)29-33-25-11-7-8-12-27(25)35-29/h4-18H,19H2,1-3H3. The molecule has 5 aromatic rings. The molecule has 2 nitrogen and oxygen atoms in total. The average molecular weight is 518 g/mol. The van der Waals surface area contributed by atoms with Gasteiger partial charge < -0.3 is 4.90 Å². The zero-order chi connectivity index (χ0) is 24.6. The fraction of sp³-hybridized carbons (Fsp3) is 0.167. The van der Waals surface area contributed by atoms with Crippen molar-refractivity contribution in [2.75, 3.05) is 4.90 Å². The molecule has 4 aromatic carbocycles. The minimum absolute atomic E-state index is 0.0574. The first-order valence-corrected chi connectivity index (χ1v) is 13.1. The van der Waals surface area contributed by atoms with E-state index in [4.69, 9.17) is 28.2 Å². The molecule has 0 saturated heterocycles. The number of anilines is 2. The molecule has 0 saturated carbocycles. The van der Waals surface area contributed by atoms with Gasteiger partial charge >= 0.3 is 0 Å². The second kappa shape index (κ2) is 9.66. The molecule has 0 bridgehead atoms. The largest absolute Gasteiger partial charge is 0.336 e. The summed E-state index contributed by atoms with van der Waals surface area (Å²) in [4.78, 5) is 7.05. The van der Waals surface area contributed by atoms with Gasteiger partial charge in [-0.05, 0) is 65.1 Å². The number of hydrogen-bond donors (Lipinski definition) is 0. The number of aromatic nitrogens is 1. The fourth-order valence-electron chi connectivity index (χ4n) is 4.07. The molecule has 0 aliphatic carbocycles. The van der Waals surface area contributed by atoms with Crippen LogP contribution in [0.3, 0.4) is 0 Å². The highest BCUT2D eigenvalue weighted by Gasteiger charge is 2.22. The third-order valence-electron chi connectivity index (χ3n) is 6.07. The SMILES string of the molecule is CC(C)(C)c1cc(Cl)c(Cl)c(N(Cc2ccccc2)c2ccc(-c3nc4ccccc4s3)cc2)c1. The molecule has 1 aromatic heterocycles. The zero-order valence-electron chi connectivity index (χ0n) is 19.9. The molecule has 5 heteroatoms. The molecular weight excluding hydrogens is 491 g/mol. The lowest BCUT2D eigenvalue weighted by Gasteiger charge is -2.29. The van der Waals surface area contributed by atoms with E-state index >= 15 is 0 Å². The van der Waals surface area contributed by atoms with E-state index in [2.05, 4.69) is 98.5 Å². The Labute approximate surface area is 220 Å². The molecule has 0 aliphatic rings. The summed E-state index contributed by atoms with van der Waals surface area (Å²) >= 11 is 15.2. The molecule has 0 N–H and O–H groups in total. The quantitative estimate of drug-likeness (QED) is 0.231. The average Bonchev–Trinajstić information content (AvgIpc) is 3.29. The van der Waals surface area contributed by atoms with E-state index in [1.807, 2.05) is 18.2 Å². The van der Waals surface area contributed by atoms with E-state index in [0.29, 0.717) is 16.6 Å². The van der Waals surface area contributed by atoms with Crippen molar-refractivity contribution in [3.05, 3.63) is 112 Å². The Morgan fingerprint density at radius 1 is 0.829 bits per heavy atom. The maximum Gasteiger partial charge on any atom is 0.124 e. The van der Waals surface area contributed by atoms with Crippen LogP contribution >= 0.6 is 34.5 Å². The number of benzene rings is 4. The van der Waals surface area contributed by atoms with Crippen molar-refractivity contribution < 1.29 is 0 Å². The summed E-state index contributed by atoms with van der Waals surface area (Å²) in [5.74, 6) is 0. The lowest BCUT2D eigenvalue weighted by molar-refractivity contribution is 0.590. The summed E-state index contributed by atoms with van der Waals surface area (Å²) in [6.45, 7) is 7.23. The second-order valence-electron chi connectivity index (χ2n) is 9.65. The molecule has 35 heavy (non-hydrogen) atoms. The molecule has 176 valence electrons. The number of thiazole rings is 1. The summed E-state index contributed by atoms with van der Waals surface area (Å²) in [7, 11) is 0. The summed E-state index contributed by atoms with van der Waals surface area (Å²) in [5, 5.41) is 2.15. The van der Waals surface area contributed by atoms with Crippen LogP contribution in [-0.4, -0.2) is 4.98 Å². The smallest absolute Gasteiger partial charge is 0.124 e. The highest BCUT2D eigenvalue weighted by molar-refractivity contribution is 7.21. The molecule has 0 radical (unpaired) electrons. The van der Waals surface area contributed by atoms with Crippen molar-refractivity contribution in [2.24, 2.45) is 0 Å². The first-order chi connectivity index (χ1) is 16.8. The lowest BCUT2D eigenvalue weighted by Crippen LogP contribution is -2.19. The van der Waals surface area contributed by atoms with Gasteiger partial charge in [-0.15, -0.1) is 11.3 Å². The molecule has 0 unspecified atom stereocenters. The van der Waals surface area contributed by atoms with E-state index < -0.39 is 0 Å². The van der Waals surface area contributed by atoms with Gasteiger partial charge in [0.1, 0.15) is 5.01 Å². The second-order valence-corrected chi connectivity index (χ2v) is 11.5.